The number of nitrogens with one attached hydrogen (secondary N) is 1. The fourth-order valence-electron chi connectivity index (χ4n) is 4.88. The molecule has 1 aliphatic heterocycles. The molecule has 5 rings (SSSR count). The summed E-state index contributed by atoms with van der Waals surface area (Å²) in [7, 11) is 0. The number of hydrogen-bond acceptors (Lipinski definition) is 4. The van der Waals surface area contributed by atoms with Gasteiger partial charge in [0, 0.05) is 43.4 Å². The van der Waals surface area contributed by atoms with Gasteiger partial charge < -0.3 is 14.6 Å². The molecule has 2 amide bonds. The van der Waals surface area contributed by atoms with Crippen molar-refractivity contribution in [1.82, 2.24) is 20.0 Å². The molecule has 1 saturated heterocycles. The van der Waals surface area contributed by atoms with Gasteiger partial charge in [-0.3, -0.25) is 14.3 Å². The summed E-state index contributed by atoms with van der Waals surface area (Å²) in [5.41, 5.74) is 4.92. The number of aromatic nitrogens is 2. The quantitative estimate of drug-likeness (QED) is 0.626. The minimum atomic E-state index is -0.0633. The van der Waals surface area contributed by atoms with E-state index in [2.05, 4.69) is 24.4 Å². The van der Waals surface area contributed by atoms with Gasteiger partial charge in [-0.15, -0.1) is 0 Å². The standard InChI is InChI=1S/C26H30N4O3/c1-17(19-8-4-3-5-9-19)14-27-22(31)16-30-15-20-10-11-21-23(24(20)28-30)18(2)25(33-21)26(32)29-12-6-7-13-29/h3-5,8-9,15,17H,6-7,10-14,16H2,1-2H3,(H,27,31). The number of carbonyl (C=O) groups is 2. The van der Waals surface area contributed by atoms with Crippen LogP contribution in [0.1, 0.15) is 58.7 Å². The second-order valence-electron chi connectivity index (χ2n) is 9.17. The van der Waals surface area contributed by atoms with Crippen molar-refractivity contribution < 1.29 is 14.0 Å². The molecule has 0 radical (unpaired) electrons. The zero-order valence-electron chi connectivity index (χ0n) is 19.3. The first-order valence-electron chi connectivity index (χ1n) is 11.8. The number of hydrogen-bond donors (Lipinski definition) is 1. The average Bonchev–Trinajstić information content (AvgIpc) is 3.56. The molecule has 172 valence electrons. The molecule has 2 aliphatic rings. The van der Waals surface area contributed by atoms with Crippen LogP contribution in [0.25, 0.3) is 11.3 Å². The molecule has 3 aromatic rings. The topological polar surface area (TPSA) is 80.4 Å². The first-order valence-corrected chi connectivity index (χ1v) is 11.8. The third-order valence-electron chi connectivity index (χ3n) is 6.78. The molecule has 33 heavy (non-hydrogen) atoms. The molecule has 1 fully saturated rings. The first-order chi connectivity index (χ1) is 16.0. The number of furan rings is 1. The van der Waals surface area contributed by atoms with Crippen molar-refractivity contribution >= 4 is 11.8 Å². The normalized spacial score (nSPS) is 15.8. The molecule has 0 spiro atoms. The molecule has 1 aliphatic carbocycles. The van der Waals surface area contributed by atoms with Crippen molar-refractivity contribution in [2.45, 2.75) is 52.0 Å². The molecular weight excluding hydrogens is 416 g/mol. The maximum atomic E-state index is 12.9. The number of nitrogens with zero attached hydrogens (tertiary/aromatic N) is 3. The minimum Gasteiger partial charge on any atom is -0.455 e. The minimum absolute atomic E-state index is 0.0210. The summed E-state index contributed by atoms with van der Waals surface area (Å²) in [5.74, 6) is 1.42. The molecular formula is C26H30N4O3. The van der Waals surface area contributed by atoms with Gasteiger partial charge in [0.1, 0.15) is 12.3 Å². The number of likely N-dealkylation sites (tertiary alicyclic amines) is 1. The highest BCUT2D eigenvalue weighted by Crippen LogP contribution is 2.38. The molecule has 0 bridgehead atoms. The fourth-order valence-corrected chi connectivity index (χ4v) is 4.88. The van der Waals surface area contributed by atoms with E-state index >= 15 is 0 Å². The highest BCUT2D eigenvalue weighted by molar-refractivity contribution is 5.95. The van der Waals surface area contributed by atoms with E-state index in [4.69, 9.17) is 9.52 Å². The Morgan fingerprint density at radius 3 is 2.67 bits per heavy atom. The number of aryl methyl sites for hydroxylation is 2. The van der Waals surface area contributed by atoms with Crippen molar-refractivity contribution in [2.24, 2.45) is 0 Å². The van der Waals surface area contributed by atoms with Gasteiger partial charge in [0.2, 0.25) is 5.91 Å². The Balaban J connectivity index is 1.29. The molecule has 3 heterocycles. The van der Waals surface area contributed by atoms with Crippen LogP contribution in [0.5, 0.6) is 0 Å². The summed E-state index contributed by atoms with van der Waals surface area (Å²) in [5, 5.41) is 7.74. The SMILES string of the molecule is Cc1c(C(=O)N2CCCC2)oc2c1-c1nn(CC(=O)NCC(C)c3ccccc3)cc1CC2. The van der Waals surface area contributed by atoms with Gasteiger partial charge in [-0.25, -0.2) is 0 Å². The van der Waals surface area contributed by atoms with Gasteiger partial charge >= 0.3 is 0 Å². The van der Waals surface area contributed by atoms with Crippen LogP contribution >= 0.6 is 0 Å². The lowest BCUT2D eigenvalue weighted by molar-refractivity contribution is -0.121. The molecule has 7 heteroatoms. The Hall–Kier alpha value is -3.35. The lowest BCUT2D eigenvalue weighted by Crippen LogP contribution is -2.30. The molecule has 1 aromatic carbocycles. The van der Waals surface area contributed by atoms with Gasteiger partial charge in [-0.05, 0) is 43.2 Å². The van der Waals surface area contributed by atoms with Crippen molar-refractivity contribution in [3.05, 3.63) is 64.7 Å². The smallest absolute Gasteiger partial charge is 0.289 e. The Morgan fingerprint density at radius 1 is 1.15 bits per heavy atom. The molecule has 1 N–H and O–H groups in total. The molecule has 0 saturated carbocycles. The van der Waals surface area contributed by atoms with Gasteiger partial charge in [-0.2, -0.15) is 5.10 Å². The highest BCUT2D eigenvalue weighted by atomic mass is 16.4. The molecule has 7 nitrogen and oxygen atoms in total. The molecule has 2 aromatic heterocycles. The monoisotopic (exact) mass is 446 g/mol. The number of rotatable bonds is 6. The van der Waals surface area contributed by atoms with Gasteiger partial charge in [-0.1, -0.05) is 37.3 Å². The van der Waals surface area contributed by atoms with Gasteiger partial charge in [0.15, 0.2) is 5.76 Å². The predicted molar refractivity (Wildman–Crippen MR) is 125 cm³/mol. The van der Waals surface area contributed by atoms with E-state index in [1.807, 2.05) is 36.2 Å². The van der Waals surface area contributed by atoms with Crippen molar-refractivity contribution in [2.75, 3.05) is 19.6 Å². The van der Waals surface area contributed by atoms with Crippen LogP contribution in [0, 0.1) is 6.92 Å². The van der Waals surface area contributed by atoms with E-state index in [0.717, 1.165) is 66.9 Å². The summed E-state index contributed by atoms with van der Waals surface area (Å²) >= 11 is 0. The van der Waals surface area contributed by atoms with Crippen molar-refractivity contribution in [3.63, 3.8) is 0 Å². The van der Waals surface area contributed by atoms with Crippen LogP contribution in [0.4, 0.5) is 0 Å². The van der Waals surface area contributed by atoms with Crippen LogP contribution < -0.4 is 5.32 Å². The number of amides is 2. The summed E-state index contributed by atoms with van der Waals surface area (Å²) in [4.78, 5) is 27.4. The predicted octanol–water partition coefficient (Wildman–Crippen LogP) is 3.71. The van der Waals surface area contributed by atoms with E-state index in [9.17, 15) is 9.59 Å². The molecule has 1 atom stereocenters. The largest absolute Gasteiger partial charge is 0.455 e. The van der Waals surface area contributed by atoms with Crippen LogP contribution in [0.2, 0.25) is 0 Å². The number of carbonyl (C=O) groups excluding carboxylic acids is 2. The van der Waals surface area contributed by atoms with Gasteiger partial charge in [0.25, 0.3) is 5.91 Å². The summed E-state index contributed by atoms with van der Waals surface area (Å²) < 4.78 is 7.75. The van der Waals surface area contributed by atoms with E-state index in [1.54, 1.807) is 4.68 Å². The summed E-state index contributed by atoms with van der Waals surface area (Å²) in [6.07, 6.45) is 5.58. The van der Waals surface area contributed by atoms with Crippen LogP contribution in [0.15, 0.2) is 40.9 Å². The second-order valence-corrected chi connectivity index (χ2v) is 9.17. The lowest BCUT2D eigenvalue weighted by Gasteiger charge is -2.13. The Labute approximate surface area is 193 Å². The maximum Gasteiger partial charge on any atom is 0.289 e. The van der Waals surface area contributed by atoms with E-state index in [-0.39, 0.29) is 24.3 Å². The third kappa shape index (κ3) is 4.19. The number of fused-ring (bicyclic) bond motifs is 3. The van der Waals surface area contributed by atoms with E-state index in [1.165, 1.54) is 5.56 Å². The van der Waals surface area contributed by atoms with Crippen molar-refractivity contribution in [3.8, 4) is 11.3 Å². The Bertz CT molecular complexity index is 1170. The summed E-state index contributed by atoms with van der Waals surface area (Å²) in [6.45, 7) is 6.38. The third-order valence-corrected chi connectivity index (χ3v) is 6.78. The van der Waals surface area contributed by atoms with E-state index in [0.29, 0.717) is 12.3 Å². The Kier molecular flexibility index (Phi) is 5.79. The zero-order chi connectivity index (χ0) is 22.9. The Morgan fingerprint density at radius 2 is 1.91 bits per heavy atom. The van der Waals surface area contributed by atoms with Crippen LogP contribution in [-0.4, -0.2) is 46.1 Å². The maximum absolute atomic E-state index is 12.9. The van der Waals surface area contributed by atoms with Crippen LogP contribution in [0.3, 0.4) is 0 Å². The number of benzene rings is 1. The summed E-state index contributed by atoms with van der Waals surface area (Å²) in [6, 6.07) is 10.2. The van der Waals surface area contributed by atoms with Gasteiger partial charge in [0.05, 0.1) is 5.69 Å². The van der Waals surface area contributed by atoms with Crippen molar-refractivity contribution in [1.29, 1.82) is 0 Å². The molecule has 1 unspecified atom stereocenters. The highest BCUT2D eigenvalue weighted by Gasteiger charge is 2.32. The second kappa shape index (κ2) is 8.89. The van der Waals surface area contributed by atoms with E-state index < -0.39 is 0 Å². The lowest BCUT2D eigenvalue weighted by atomic mass is 9.93. The zero-order valence-corrected chi connectivity index (χ0v) is 19.3. The van der Waals surface area contributed by atoms with Crippen LogP contribution in [-0.2, 0) is 24.2 Å². The average molecular weight is 447 g/mol. The fraction of sp³-hybridized carbons (Fsp3) is 0.423. The first kappa shape index (κ1) is 21.5.